The van der Waals surface area contributed by atoms with Gasteiger partial charge in [0, 0.05) is 19.5 Å². The zero-order chi connectivity index (χ0) is 27.1. The highest BCUT2D eigenvalue weighted by Gasteiger charge is 2.31. The number of nitrogens with one attached hydrogen (secondary N) is 2. The van der Waals surface area contributed by atoms with E-state index >= 15 is 0 Å². The third-order valence-electron chi connectivity index (χ3n) is 6.79. The van der Waals surface area contributed by atoms with E-state index in [0.29, 0.717) is 19.5 Å². The molecule has 0 radical (unpaired) electrons. The Balaban J connectivity index is 1.45. The van der Waals surface area contributed by atoms with Gasteiger partial charge in [-0.2, -0.15) is 0 Å². The van der Waals surface area contributed by atoms with Crippen LogP contribution in [0.5, 0.6) is 5.75 Å². The minimum Gasteiger partial charge on any atom is -0.482 e. The first-order chi connectivity index (χ1) is 18.3. The monoisotopic (exact) mass is 516 g/mol. The Morgan fingerprint density at radius 3 is 2.61 bits per heavy atom. The molecular weight excluding hydrogens is 484 g/mol. The van der Waals surface area contributed by atoms with E-state index in [0.717, 1.165) is 34.2 Å². The minimum absolute atomic E-state index is 0.0732. The second-order valence-electron chi connectivity index (χ2n) is 9.38. The lowest BCUT2D eigenvalue weighted by atomic mass is 9.97. The van der Waals surface area contributed by atoms with Gasteiger partial charge in [-0.15, -0.1) is 0 Å². The van der Waals surface area contributed by atoms with Crippen LogP contribution in [-0.2, 0) is 22.7 Å². The number of nitro groups is 1. The lowest BCUT2D eigenvalue weighted by Gasteiger charge is -2.24. The number of nitro benzene ring substituents is 1. The Labute approximate surface area is 222 Å². The number of rotatable bonds is 10. The molecule has 1 aliphatic heterocycles. The molecule has 198 valence electrons. The van der Waals surface area contributed by atoms with Crippen LogP contribution in [0, 0.1) is 17.0 Å². The summed E-state index contributed by atoms with van der Waals surface area (Å²) in [5.74, 6) is -0.185. The highest BCUT2D eigenvalue weighted by atomic mass is 16.6. The number of carbonyl (C=O) groups excluding carboxylic acids is 2. The van der Waals surface area contributed by atoms with Gasteiger partial charge in [0.25, 0.3) is 0 Å². The number of nitrogens with zero attached hydrogens (tertiary/aromatic N) is 2. The summed E-state index contributed by atoms with van der Waals surface area (Å²) in [4.78, 5) is 37.1. The first kappa shape index (κ1) is 26.8. The van der Waals surface area contributed by atoms with Gasteiger partial charge in [0.15, 0.2) is 5.75 Å². The Kier molecular flexibility index (Phi) is 8.70. The highest BCUT2D eigenvalue weighted by molar-refractivity contribution is 5.82. The van der Waals surface area contributed by atoms with Crippen molar-refractivity contribution in [2.24, 2.45) is 0 Å². The fraction of sp³-hybridized carbons (Fsp3) is 0.310. The molecule has 1 heterocycles. The summed E-state index contributed by atoms with van der Waals surface area (Å²) in [6, 6.07) is 20.6. The summed E-state index contributed by atoms with van der Waals surface area (Å²) in [5, 5.41) is 17.2. The van der Waals surface area contributed by atoms with Crippen molar-refractivity contribution < 1.29 is 19.2 Å². The topological polar surface area (TPSA) is 114 Å². The smallest absolute Gasteiger partial charge is 0.311 e. The van der Waals surface area contributed by atoms with Crippen LogP contribution in [0.15, 0.2) is 66.7 Å². The number of amides is 2. The van der Waals surface area contributed by atoms with E-state index < -0.39 is 4.92 Å². The van der Waals surface area contributed by atoms with Gasteiger partial charge in [-0.05, 0) is 60.2 Å². The van der Waals surface area contributed by atoms with Crippen molar-refractivity contribution in [3.63, 3.8) is 0 Å². The first-order valence-electron chi connectivity index (χ1n) is 12.6. The minimum atomic E-state index is -0.437. The molecular formula is C29H32N4O5. The summed E-state index contributed by atoms with van der Waals surface area (Å²) in [6.07, 6.45) is 1.54. The van der Waals surface area contributed by atoms with Gasteiger partial charge in [0.1, 0.15) is 6.61 Å². The molecule has 0 bridgehead atoms. The van der Waals surface area contributed by atoms with Crippen molar-refractivity contribution in [2.75, 3.05) is 13.2 Å². The molecule has 3 aromatic carbocycles. The molecule has 9 nitrogen and oxygen atoms in total. The Morgan fingerprint density at radius 2 is 1.87 bits per heavy atom. The molecule has 38 heavy (non-hydrogen) atoms. The molecule has 4 rings (SSSR count). The van der Waals surface area contributed by atoms with E-state index in [1.54, 1.807) is 12.1 Å². The third-order valence-corrected chi connectivity index (χ3v) is 6.79. The van der Waals surface area contributed by atoms with E-state index in [1.807, 2.05) is 54.3 Å². The normalized spacial score (nSPS) is 15.2. The van der Waals surface area contributed by atoms with Gasteiger partial charge in [-0.25, -0.2) is 0 Å². The first-order valence-corrected chi connectivity index (χ1v) is 12.6. The van der Waals surface area contributed by atoms with Crippen LogP contribution in [0.25, 0.3) is 11.1 Å². The van der Waals surface area contributed by atoms with Crippen LogP contribution in [0.1, 0.15) is 36.5 Å². The lowest BCUT2D eigenvalue weighted by molar-refractivity contribution is -0.386. The number of hydrogen-bond donors (Lipinski definition) is 2. The van der Waals surface area contributed by atoms with Crippen LogP contribution in [-0.4, -0.2) is 40.9 Å². The molecule has 1 atom stereocenters. The molecule has 0 saturated carbocycles. The molecule has 9 heteroatoms. The quantitative estimate of drug-likeness (QED) is 0.236. The van der Waals surface area contributed by atoms with Crippen molar-refractivity contribution >= 4 is 17.5 Å². The number of likely N-dealkylation sites (tertiary alicyclic amines) is 1. The molecule has 0 spiro atoms. The average molecular weight is 517 g/mol. The maximum atomic E-state index is 12.6. The van der Waals surface area contributed by atoms with E-state index in [9.17, 15) is 19.7 Å². The zero-order valence-corrected chi connectivity index (χ0v) is 21.6. The van der Waals surface area contributed by atoms with Crippen molar-refractivity contribution in [1.82, 2.24) is 15.5 Å². The van der Waals surface area contributed by atoms with Gasteiger partial charge in [-0.3, -0.25) is 24.6 Å². The maximum Gasteiger partial charge on any atom is 0.311 e. The van der Waals surface area contributed by atoms with E-state index in [-0.39, 0.29) is 42.6 Å². The van der Waals surface area contributed by atoms with Crippen molar-refractivity contribution in [3.05, 3.63) is 93.5 Å². The second-order valence-corrected chi connectivity index (χ2v) is 9.38. The molecule has 1 aliphatic rings. The molecule has 3 aromatic rings. The summed E-state index contributed by atoms with van der Waals surface area (Å²) >= 11 is 0. The number of hydrogen-bond acceptors (Lipinski definition) is 6. The zero-order valence-electron chi connectivity index (χ0n) is 21.6. The average Bonchev–Trinajstić information content (AvgIpc) is 3.37. The van der Waals surface area contributed by atoms with Crippen molar-refractivity contribution in [1.29, 1.82) is 0 Å². The van der Waals surface area contributed by atoms with Gasteiger partial charge < -0.3 is 15.4 Å². The summed E-state index contributed by atoms with van der Waals surface area (Å²) in [7, 11) is 0. The highest BCUT2D eigenvalue weighted by Crippen LogP contribution is 2.32. The molecule has 1 saturated heterocycles. The molecule has 2 amide bonds. The Bertz CT molecular complexity index is 1310. The van der Waals surface area contributed by atoms with E-state index in [1.165, 1.54) is 13.0 Å². The SMILES string of the molecule is CC(=O)NCNC(=O)C1CCCN1Cc1ccc(OCc2cccc(-c3ccccc3)c2C)c([N+](=O)[O-])c1. The standard InChI is InChI=1S/C29H32N4O5/c1-20-24(10-6-11-25(20)23-8-4-3-5-9-23)18-38-28-14-13-22(16-27(28)33(36)37)17-32-15-7-12-26(32)29(35)31-19-30-21(2)34/h3-6,8-11,13-14,16,26H,7,12,15,17-19H2,1-2H3,(H,30,34)(H,31,35). The van der Waals surface area contributed by atoms with Crippen LogP contribution < -0.4 is 15.4 Å². The second kappa shape index (κ2) is 12.3. The fourth-order valence-corrected chi connectivity index (χ4v) is 4.77. The molecule has 0 aliphatic carbocycles. The lowest BCUT2D eigenvalue weighted by Crippen LogP contribution is -2.46. The van der Waals surface area contributed by atoms with Crippen LogP contribution in [0.4, 0.5) is 5.69 Å². The fourth-order valence-electron chi connectivity index (χ4n) is 4.77. The number of ether oxygens (including phenoxy) is 1. The van der Waals surface area contributed by atoms with Crippen molar-refractivity contribution in [2.45, 2.75) is 45.9 Å². The molecule has 1 fully saturated rings. The van der Waals surface area contributed by atoms with Gasteiger partial charge >= 0.3 is 5.69 Å². The van der Waals surface area contributed by atoms with Gasteiger partial charge in [-0.1, -0.05) is 54.6 Å². The summed E-state index contributed by atoms with van der Waals surface area (Å²) in [5.41, 5.74) is 4.84. The molecule has 2 N–H and O–H groups in total. The summed E-state index contributed by atoms with van der Waals surface area (Å²) < 4.78 is 5.95. The predicted molar refractivity (Wildman–Crippen MR) is 144 cm³/mol. The maximum absolute atomic E-state index is 12.6. The molecule has 1 unspecified atom stereocenters. The predicted octanol–water partition coefficient (Wildman–Crippen LogP) is 4.32. The van der Waals surface area contributed by atoms with Gasteiger partial charge in [0.2, 0.25) is 11.8 Å². The van der Waals surface area contributed by atoms with Crippen LogP contribution in [0.2, 0.25) is 0 Å². The van der Waals surface area contributed by atoms with Crippen molar-refractivity contribution in [3.8, 4) is 16.9 Å². The van der Waals surface area contributed by atoms with E-state index in [4.69, 9.17) is 4.74 Å². The van der Waals surface area contributed by atoms with Crippen LogP contribution >= 0.6 is 0 Å². The molecule has 0 aromatic heterocycles. The Morgan fingerprint density at radius 1 is 1.08 bits per heavy atom. The Hall–Kier alpha value is -4.24. The third kappa shape index (κ3) is 6.54. The van der Waals surface area contributed by atoms with E-state index in [2.05, 4.69) is 16.7 Å². The number of carbonyl (C=O) groups is 2. The number of benzene rings is 3. The van der Waals surface area contributed by atoms with Gasteiger partial charge in [0.05, 0.1) is 17.6 Å². The summed E-state index contributed by atoms with van der Waals surface area (Å²) in [6.45, 7) is 4.80. The van der Waals surface area contributed by atoms with Crippen LogP contribution in [0.3, 0.4) is 0 Å². The largest absolute Gasteiger partial charge is 0.482 e.